The van der Waals surface area contributed by atoms with Crippen molar-refractivity contribution >= 4 is 18.0 Å². The largest absolute Gasteiger partial charge is 0.494 e. The van der Waals surface area contributed by atoms with Crippen molar-refractivity contribution in [3.8, 4) is 5.75 Å². The Kier molecular flexibility index (Phi) is 5.49. The summed E-state index contributed by atoms with van der Waals surface area (Å²) in [7, 11) is 0. The highest BCUT2D eigenvalue weighted by molar-refractivity contribution is 5.75. The van der Waals surface area contributed by atoms with Crippen LogP contribution in [0.15, 0.2) is 59.6 Å². The number of para-hydroxylation sites is 1. The summed E-state index contributed by atoms with van der Waals surface area (Å²) in [5.41, 5.74) is 3.35. The van der Waals surface area contributed by atoms with Crippen molar-refractivity contribution in [2.24, 2.45) is 4.99 Å². The summed E-state index contributed by atoms with van der Waals surface area (Å²) in [6.07, 6.45) is 11.1. The van der Waals surface area contributed by atoms with Crippen LogP contribution in [0.4, 0.5) is 5.69 Å². The van der Waals surface area contributed by atoms with Crippen LogP contribution in [0.2, 0.25) is 0 Å². The molecule has 152 valence electrons. The third-order valence-electron chi connectivity index (χ3n) is 6.35. The Balaban J connectivity index is 1.62. The average Bonchev–Trinajstić information content (AvgIpc) is 2.95. The summed E-state index contributed by atoms with van der Waals surface area (Å²) in [4.78, 5) is 7.56. The van der Waals surface area contributed by atoms with Crippen LogP contribution in [-0.2, 0) is 5.41 Å². The van der Waals surface area contributed by atoms with Gasteiger partial charge in [-0.25, -0.2) is 0 Å². The lowest BCUT2D eigenvalue weighted by molar-refractivity contribution is 0.306. The molecule has 0 radical (unpaired) electrons. The Bertz CT molecular complexity index is 914. The van der Waals surface area contributed by atoms with Crippen molar-refractivity contribution in [2.45, 2.75) is 57.5 Å². The number of hydrogen-bond donors (Lipinski definition) is 0. The summed E-state index contributed by atoms with van der Waals surface area (Å²) < 4.78 is 5.94. The molecule has 0 N–H and O–H groups in total. The first-order valence-electron chi connectivity index (χ1n) is 10.9. The zero-order chi connectivity index (χ0) is 20.3. The monoisotopic (exact) mass is 388 g/mol. The molecule has 0 aromatic heterocycles. The van der Waals surface area contributed by atoms with E-state index in [1.54, 1.807) is 0 Å². The van der Waals surface area contributed by atoms with Crippen LogP contribution in [0, 0.1) is 0 Å². The summed E-state index contributed by atoms with van der Waals surface area (Å²) in [5.74, 6) is 0.943. The molecular weight excluding hydrogens is 356 g/mol. The number of fused-ring (bicyclic) bond motifs is 3. The van der Waals surface area contributed by atoms with Crippen LogP contribution in [0.5, 0.6) is 5.75 Å². The smallest absolute Gasteiger partial charge is 0.160 e. The van der Waals surface area contributed by atoms with Crippen molar-refractivity contribution in [1.82, 2.24) is 0 Å². The molecule has 0 saturated carbocycles. The number of nitrogens with zero attached hydrogens (tertiary/aromatic N) is 2. The van der Waals surface area contributed by atoms with Gasteiger partial charge in [-0.3, -0.25) is 4.99 Å². The molecule has 2 aromatic carbocycles. The van der Waals surface area contributed by atoms with Gasteiger partial charge in [0.1, 0.15) is 5.75 Å². The van der Waals surface area contributed by atoms with Gasteiger partial charge in [0, 0.05) is 30.3 Å². The van der Waals surface area contributed by atoms with Gasteiger partial charge in [-0.15, -0.1) is 0 Å². The van der Waals surface area contributed by atoms with Gasteiger partial charge in [0.05, 0.1) is 6.61 Å². The fourth-order valence-electron chi connectivity index (χ4n) is 4.67. The molecule has 1 unspecified atom stereocenters. The molecule has 2 aromatic rings. The standard InChI is InChI=1S/C26H32N2O/c1-4-5-8-19-29-22-12-9-11-21(20-22)15-16-26-25(2,3)23-13-6-7-14-24(23)28(26)18-10-17-27-26/h6-7,9,11-17,20H,4-5,8,10,18-19H2,1-3H3/b16-15+. The molecule has 0 fully saturated rings. The molecule has 0 amide bonds. The topological polar surface area (TPSA) is 24.8 Å². The Morgan fingerprint density at radius 1 is 1.10 bits per heavy atom. The van der Waals surface area contributed by atoms with E-state index in [2.05, 4.69) is 86.5 Å². The SMILES string of the molecule is CCCCCOc1cccc(/C=C/C23N=CCCN2c2ccccc2C3(C)C)c1. The average molecular weight is 389 g/mol. The van der Waals surface area contributed by atoms with E-state index in [-0.39, 0.29) is 11.1 Å². The van der Waals surface area contributed by atoms with E-state index in [9.17, 15) is 0 Å². The van der Waals surface area contributed by atoms with E-state index in [0.717, 1.165) is 37.3 Å². The van der Waals surface area contributed by atoms with E-state index in [4.69, 9.17) is 9.73 Å². The van der Waals surface area contributed by atoms with E-state index in [1.165, 1.54) is 24.1 Å². The van der Waals surface area contributed by atoms with Crippen LogP contribution in [0.3, 0.4) is 0 Å². The second kappa shape index (κ2) is 8.06. The minimum Gasteiger partial charge on any atom is -0.494 e. The third kappa shape index (κ3) is 3.48. The third-order valence-corrected chi connectivity index (χ3v) is 6.35. The van der Waals surface area contributed by atoms with E-state index >= 15 is 0 Å². The highest BCUT2D eigenvalue weighted by Crippen LogP contribution is 2.54. The molecule has 2 aliphatic rings. The van der Waals surface area contributed by atoms with Crippen molar-refractivity contribution in [3.05, 3.63) is 65.7 Å². The van der Waals surface area contributed by atoms with Gasteiger partial charge in [0.2, 0.25) is 0 Å². The highest BCUT2D eigenvalue weighted by atomic mass is 16.5. The van der Waals surface area contributed by atoms with E-state index in [0.29, 0.717) is 0 Å². The van der Waals surface area contributed by atoms with Crippen LogP contribution in [0.25, 0.3) is 6.08 Å². The van der Waals surface area contributed by atoms with Crippen molar-refractivity contribution < 1.29 is 4.74 Å². The molecule has 2 aliphatic heterocycles. The summed E-state index contributed by atoms with van der Waals surface area (Å²) in [6, 6.07) is 17.1. The highest BCUT2D eigenvalue weighted by Gasteiger charge is 2.55. The van der Waals surface area contributed by atoms with E-state index in [1.807, 2.05) is 6.07 Å². The van der Waals surface area contributed by atoms with Crippen LogP contribution in [-0.4, -0.2) is 25.0 Å². The van der Waals surface area contributed by atoms with E-state index < -0.39 is 0 Å². The molecule has 1 atom stereocenters. The van der Waals surface area contributed by atoms with Crippen molar-refractivity contribution in [3.63, 3.8) is 0 Å². The molecule has 4 rings (SSSR count). The molecule has 0 bridgehead atoms. The zero-order valence-corrected chi connectivity index (χ0v) is 17.9. The molecule has 3 nitrogen and oxygen atoms in total. The van der Waals surface area contributed by atoms with Gasteiger partial charge in [-0.1, -0.05) is 70.0 Å². The lowest BCUT2D eigenvalue weighted by Crippen LogP contribution is -2.55. The lowest BCUT2D eigenvalue weighted by atomic mass is 9.75. The number of unbranched alkanes of at least 4 members (excludes halogenated alkanes) is 2. The maximum absolute atomic E-state index is 5.94. The van der Waals surface area contributed by atoms with Gasteiger partial charge in [-0.05, 0) is 41.8 Å². The molecule has 0 aliphatic carbocycles. The fourth-order valence-corrected chi connectivity index (χ4v) is 4.67. The van der Waals surface area contributed by atoms with Gasteiger partial charge >= 0.3 is 0 Å². The molecule has 0 saturated heterocycles. The number of hydrogen-bond acceptors (Lipinski definition) is 3. The second-order valence-electron chi connectivity index (χ2n) is 8.58. The number of anilines is 1. The van der Waals surface area contributed by atoms with Crippen molar-refractivity contribution in [2.75, 3.05) is 18.1 Å². The second-order valence-corrected chi connectivity index (χ2v) is 8.58. The van der Waals surface area contributed by atoms with Crippen LogP contribution in [0.1, 0.15) is 57.6 Å². The fraction of sp³-hybridized carbons (Fsp3) is 0.423. The predicted molar refractivity (Wildman–Crippen MR) is 123 cm³/mol. The number of benzene rings is 2. The Morgan fingerprint density at radius 2 is 1.97 bits per heavy atom. The number of aliphatic imine (C=N–C) groups is 1. The van der Waals surface area contributed by atoms with Crippen LogP contribution >= 0.6 is 0 Å². The van der Waals surface area contributed by atoms with Gasteiger partial charge in [0.25, 0.3) is 0 Å². The zero-order valence-electron chi connectivity index (χ0n) is 17.9. The lowest BCUT2D eigenvalue weighted by Gasteiger charge is -2.44. The van der Waals surface area contributed by atoms with Gasteiger partial charge in [0.15, 0.2) is 5.66 Å². The quantitative estimate of drug-likeness (QED) is 0.525. The first-order valence-corrected chi connectivity index (χ1v) is 10.9. The van der Waals surface area contributed by atoms with Gasteiger partial charge in [-0.2, -0.15) is 0 Å². The minimum atomic E-state index is -0.382. The maximum Gasteiger partial charge on any atom is 0.160 e. The molecule has 29 heavy (non-hydrogen) atoms. The summed E-state index contributed by atoms with van der Waals surface area (Å²) in [5, 5.41) is 0. The van der Waals surface area contributed by atoms with Crippen LogP contribution < -0.4 is 9.64 Å². The minimum absolute atomic E-state index is 0.106. The Labute approximate surface area is 175 Å². The Morgan fingerprint density at radius 3 is 2.83 bits per heavy atom. The first-order chi connectivity index (χ1) is 14.1. The molecular formula is C26H32N2O. The van der Waals surface area contributed by atoms with Crippen molar-refractivity contribution in [1.29, 1.82) is 0 Å². The predicted octanol–water partition coefficient (Wildman–Crippen LogP) is 6.24. The number of ether oxygens (including phenoxy) is 1. The maximum atomic E-state index is 5.94. The summed E-state index contributed by atoms with van der Waals surface area (Å²) >= 11 is 0. The van der Waals surface area contributed by atoms with Gasteiger partial charge < -0.3 is 9.64 Å². The number of rotatable bonds is 7. The molecule has 0 spiro atoms. The first kappa shape index (κ1) is 19.8. The Hall–Kier alpha value is -2.55. The molecule has 3 heteroatoms. The molecule has 2 heterocycles. The normalized spacial score (nSPS) is 22.0. The summed E-state index contributed by atoms with van der Waals surface area (Å²) in [6.45, 7) is 8.61.